The van der Waals surface area contributed by atoms with Crippen molar-refractivity contribution in [2.45, 2.75) is 60.3 Å². The fourth-order valence-electron chi connectivity index (χ4n) is 3.01. The third-order valence-corrected chi connectivity index (χ3v) is 4.34. The van der Waals surface area contributed by atoms with Crippen LogP contribution in [0.3, 0.4) is 0 Å². The van der Waals surface area contributed by atoms with E-state index in [1.54, 1.807) is 0 Å². The monoisotopic (exact) mass is 301 g/mol. The quantitative estimate of drug-likeness (QED) is 0.684. The first-order valence-electron chi connectivity index (χ1n) is 8.15. The third-order valence-electron chi connectivity index (χ3n) is 4.34. The Hall–Kier alpha value is -1.57. The topological polar surface area (TPSA) is 40.1 Å². The van der Waals surface area contributed by atoms with E-state index in [0.29, 0.717) is 0 Å². The van der Waals surface area contributed by atoms with Gasteiger partial charge in [-0.1, -0.05) is 62.3 Å². The van der Waals surface area contributed by atoms with Gasteiger partial charge in [-0.2, -0.15) is 0 Å². The largest absolute Gasteiger partial charge is 0.550 e. The van der Waals surface area contributed by atoms with Crippen LogP contribution in [0, 0.1) is 11.3 Å². The van der Waals surface area contributed by atoms with Gasteiger partial charge in [0.05, 0.1) is 0 Å². The number of rotatable bonds is 6. The molecule has 0 bridgehead atoms. The van der Waals surface area contributed by atoms with Crippen molar-refractivity contribution in [2.24, 2.45) is 11.3 Å². The number of carbonyl (C=O) groups excluding carboxylic acids is 1. The predicted molar refractivity (Wildman–Crippen MR) is 91.2 cm³/mol. The molecule has 0 radical (unpaired) electrons. The second kappa shape index (κ2) is 8.17. The molecular formula is C20H29O2-. The fraction of sp³-hybridized carbons (Fsp3) is 0.550. The van der Waals surface area contributed by atoms with E-state index in [2.05, 4.69) is 39.8 Å². The standard InChI is InChI=1S/C20H30O2/c1-15(8-6-9-16(2)14-19(21)22)11-12-18-17(3)10-7-13-20(18,4)5/h6,8-9,11-12,16H,7,10,13-14H2,1-5H3,(H,21,22)/p-1/b9-6+,12-11+,15-8+. The van der Waals surface area contributed by atoms with Gasteiger partial charge in [-0.15, -0.1) is 0 Å². The first kappa shape index (κ1) is 18.5. The van der Waals surface area contributed by atoms with Crippen LogP contribution in [0.2, 0.25) is 0 Å². The molecule has 0 aromatic rings. The molecule has 1 atom stereocenters. The van der Waals surface area contributed by atoms with Crippen LogP contribution in [0.5, 0.6) is 0 Å². The predicted octanol–water partition coefficient (Wildman–Crippen LogP) is 4.35. The van der Waals surface area contributed by atoms with E-state index in [4.69, 9.17) is 0 Å². The Morgan fingerprint density at radius 3 is 2.68 bits per heavy atom. The zero-order valence-electron chi connectivity index (χ0n) is 14.6. The van der Waals surface area contributed by atoms with Gasteiger partial charge in [-0.05, 0) is 56.4 Å². The van der Waals surface area contributed by atoms with Crippen molar-refractivity contribution in [1.82, 2.24) is 0 Å². The number of aliphatic carboxylic acids is 1. The molecule has 1 rings (SSSR count). The molecule has 1 unspecified atom stereocenters. The summed E-state index contributed by atoms with van der Waals surface area (Å²) in [4.78, 5) is 10.5. The molecule has 2 heteroatoms. The van der Waals surface area contributed by atoms with Crippen LogP contribution in [0.4, 0.5) is 0 Å². The van der Waals surface area contributed by atoms with Gasteiger partial charge in [0.2, 0.25) is 0 Å². The van der Waals surface area contributed by atoms with E-state index in [-0.39, 0.29) is 17.8 Å². The van der Waals surface area contributed by atoms with Gasteiger partial charge in [0.25, 0.3) is 0 Å². The second-order valence-corrected chi connectivity index (χ2v) is 7.11. The van der Waals surface area contributed by atoms with E-state index < -0.39 is 5.97 Å². The second-order valence-electron chi connectivity index (χ2n) is 7.11. The number of hydrogen-bond acceptors (Lipinski definition) is 2. The Labute approximate surface area is 135 Å². The number of hydrogen-bond donors (Lipinski definition) is 0. The van der Waals surface area contributed by atoms with E-state index >= 15 is 0 Å². The Balaban J connectivity index is 2.71. The van der Waals surface area contributed by atoms with E-state index in [1.165, 1.54) is 36.0 Å². The smallest absolute Gasteiger partial charge is 0.0420 e. The number of carboxylic acid groups (broad SMARTS) is 1. The third kappa shape index (κ3) is 6.05. The van der Waals surface area contributed by atoms with Crippen LogP contribution in [0.15, 0.2) is 47.1 Å². The van der Waals surface area contributed by atoms with E-state index in [9.17, 15) is 9.90 Å². The lowest BCUT2D eigenvalue weighted by molar-refractivity contribution is -0.306. The molecule has 0 amide bonds. The summed E-state index contributed by atoms with van der Waals surface area (Å²) >= 11 is 0. The average Bonchev–Trinajstić information content (AvgIpc) is 2.36. The highest BCUT2D eigenvalue weighted by Gasteiger charge is 2.26. The van der Waals surface area contributed by atoms with Crippen LogP contribution in [-0.4, -0.2) is 5.97 Å². The normalized spacial score (nSPS) is 20.9. The van der Waals surface area contributed by atoms with Gasteiger partial charge in [0.15, 0.2) is 0 Å². The summed E-state index contributed by atoms with van der Waals surface area (Å²) < 4.78 is 0. The minimum Gasteiger partial charge on any atom is -0.550 e. The summed E-state index contributed by atoms with van der Waals surface area (Å²) in [7, 11) is 0. The van der Waals surface area contributed by atoms with Crippen LogP contribution in [0.1, 0.15) is 60.3 Å². The Morgan fingerprint density at radius 1 is 1.41 bits per heavy atom. The van der Waals surface area contributed by atoms with Crippen LogP contribution in [0.25, 0.3) is 0 Å². The van der Waals surface area contributed by atoms with Crippen molar-refractivity contribution in [3.05, 3.63) is 47.1 Å². The van der Waals surface area contributed by atoms with Crippen molar-refractivity contribution >= 4 is 5.97 Å². The maximum Gasteiger partial charge on any atom is 0.0420 e. The summed E-state index contributed by atoms with van der Waals surface area (Å²) in [6.45, 7) is 10.8. The molecule has 0 heterocycles. The number of carboxylic acids is 1. The number of allylic oxidation sites excluding steroid dienone is 8. The fourth-order valence-corrected chi connectivity index (χ4v) is 3.01. The lowest BCUT2D eigenvalue weighted by Gasteiger charge is -2.32. The Bertz CT molecular complexity index is 516. The minimum atomic E-state index is -1.00. The maximum atomic E-state index is 10.5. The summed E-state index contributed by atoms with van der Waals surface area (Å²) in [6, 6.07) is 0. The van der Waals surface area contributed by atoms with Gasteiger partial charge in [-0.3, -0.25) is 0 Å². The van der Waals surface area contributed by atoms with Gasteiger partial charge < -0.3 is 9.90 Å². The Kier molecular flexibility index (Phi) is 6.86. The molecule has 0 aromatic heterocycles. The van der Waals surface area contributed by atoms with Crippen molar-refractivity contribution in [3.8, 4) is 0 Å². The first-order chi connectivity index (χ1) is 10.2. The lowest BCUT2D eigenvalue weighted by atomic mass is 9.72. The maximum absolute atomic E-state index is 10.5. The van der Waals surface area contributed by atoms with Crippen LogP contribution < -0.4 is 5.11 Å². The highest BCUT2D eigenvalue weighted by molar-refractivity contribution is 5.64. The minimum absolute atomic E-state index is 0.000241. The Morgan fingerprint density at radius 2 is 2.09 bits per heavy atom. The summed E-state index contributed by atoms with van der Waals surface area (Å²) in [5.74, 6) is -1.00. The molecule has 0 fully saturated rings. The molecule has 122 valence electrons. The van der Waals surface area contributed by atoms with Crippen molar-refractivity contribution < 1.29 is 9.90 Å². The molecule has 1 aliphatic carbocycles. The molecule has 0 aliphatic heterocycles. The molecule has 0 spiro atoms. The average molecular weight is 301 g/mol. The van der Waals surface area contributed by atoms with Crippen LogP contribution >= 0.6 is 0 Å². The van der Waals surface area contributed by atoms with Crippen molar-refractivity contribution in [3.63, 3.8) is 0 Å². The summed E-state index contributed by atoms with van der Waals surface area (Å²) in [6.07, 6.45) is 14.1. The summed E-state index contributed by atoms with van der Waals surface area (Å²) in [5.41, 5.74) is 4.38. The van der Waals surface area contributed by atoms with Crippen molar-refractivity contribution in [1.29, 1.82) is 0 Å². The molecule has 0 saturated carbocycles. The van der Waals surface area contributed by atoms with E-state index in [1.807, 2.05) is 25.2 Å². The van der Waals surface area contributed by atoms with Gasteiger partial charge in [0.1, 0.15) is 0 Å². The molecule has 0 aromatic carbocycles. The molecule has 0 saturated heterocycles. The van der Waals surface area contributed by atoms with E-state index in [0.717, 1.165) is 0 Å². The molecule has 22 heavy (non-hydrogen) atoms. The first-order valence-corrected chi connectivity index (χ1v) is 8.15. The molecule has 1 aliphatic rings. The van der Waals surface area contributed by atoms with Gasteiger partial charge in [-0.25, -0.2) is 0 Å². The number of carbonyl (C=O) groups is 1. The summed E-state index contributed by atoms with van der Waals surface area (Å²) in [5, 5.41) is 10.5. The van der Waals surface area contributed by atoms with Gasteiger partial charge in [0, 0.05) is 5.97 Å². The highest BCUT2D eigenvalue weighted by Crippen LogP contribution is 2.40. The van der Waals surface area contributed by atoms with Gasteiger partial charge >= 0.3 is 0 Å². The van der Waals surface area contributed by atoms with Crippen molar-refractivity contribution in [2.75, 3.05) is 0 Å². The molecule has 0 N–H and O–H groups in total. The SMILES string of the molecule is CC1=C(/C=C/C(C)=C/C=C/C(C)CC(=O)[O-])C(C)(C)CCC1. The lowest BCUT2D eigenvalue weighted by Crippen LogP contribution is -2.23. The highest BCUT2D eigenvalue weighted by atomic mass is 16.4. The molecule has 2 nitrogen and oxygen atoms in total. The van der Waals surface area contributed by atoms with Crippen LogP contribution in [-0.2, 0) is 4.79 Å². The molecular weight excluding hydrogens is 272 g/mol. The zero-order valence-corrected chi connectivity index (χ0v) is 14.6. The zero-order chi connectivity index (χ0) is 16.8.